The van der Waals surface area contributed by atoms with Crippen molar-refractivity contribution < 1.29 is 9.31 Å². The van der Waals surface area contributed by atoms with E-state index in [1.165, 1.54) is 12.3 Å². The summed E-state index contributed by atoms with van der Waals surface area (Å²) in [5, 5.41) is 10.5. The van der Waals surface area contributed by atoms with Gasteiger partial charge >= 0.3 is 0 Å². The van der Waals surface area contributed by atoms with E-state index in [2.05, 4.69) is 9.97 Å². The van der Waals surface area contributed by atoms with Crippen LogP contribution in [0.1, 0.15) is 0 Å². The van der Waals surface area contributed by atoms with E-state index in [-0.39, 0.29) is 22.2 Å². The Bertz CT molecular complexity index is 592. The lowest BCUT2D eigenvalue weighted by Gasteiger charge is -2.02. The molecular weight excluding hydrogens is 249 g/mol. The van der Waals surface area contributed by atoms with Gasteiger partial charge in [-0.25, -0.2) is 14.4 Å². The molecule has 1 heterocycles. The van der Waals surface area contributed by atoms with E-state index in [9.17, 15) is 14.5 Å². The SMILES string of the molecule is O=[N+]([O-])c1ccc(F)c(-c2ccnc(Cl)n2)c1. The van der Waals surface area contributed by atoms with Crippen LogP contribution in [-0.4, -0.2) is 14.9 Å². The van der Waals surface area contributed by atoms with Gasteiger partial charge in [-0.1, -0.05) is 0 Å². The molecule has 0 bridgehead atoms. The monoisotopic (exact) mass is 253 g/mol. The molecule has 0 radical (unpaired) electrons. The topological polar surface area (TPSA) is 68.9 Å². The van der Waals surface area contributed by atoms with Crippen molar-refractivity contribution in [2.45, 2.75) is 0 Å². The first-order valence-corrected chi connectivity index (χ1v) is 4.88. The Hall–Kier alpha value is -2.08. The number of aromatic nitrogens is 2. The molecule has 0 aliphatic carbocycles. The van der Waals surface area contributed by atoms with Gasteiger partial charge in [-0.15, -0.1) is 0 Å². The van der Waals surface area contributed by atoms with Crippen LogP contribution in [0.5, 0.6) is 0 Å². The smallest absolute Gasteiger partial charge is 0.258 e. The van der Waals surface area contributed by atoms with Crippen molar-refractivity contribution in [2.75, 3.05) is 0 Å². The Labute approximate surface area is 100 Å². The maximum atomic E-state index is 13.5. The molecule has 7 heteroatoms. The van der Waals surface area contributed by atoms with Crippen LogP contribution in [-0.2, 0) is 0 Å². The van der Waals surface area contributed by atoms with Crippen molar-refractivity contribution >= 4 is 17.3 Å². The third-order valence-corrected chi connectivity index (χ3v) is 2.25. The van der Waals surface area contributed by atoms with E-state index in [1.807, 2.05) is 0 Å². The standard InChI is InChI=1S/C10H5ClFN3O2/c11-10-13-4-3-9(14-10)7-5-6(15(16)17)1-2-8(7)12/h1-5H. The third kappa shape index (κ3) is 2.36. The molecule has 0 aliphatic heterocycles. The molecule has 1 aromatic heterocycles. The van der Waals surface area contributed by atoms with E-state index in [0.29, 0.717) is 0 Å². The molecule has 0 saturated heterocycles. The van der Waals surface area contributed by atoms with Crippen molar-refractivity contribution in [3.63, 3.8) is 0 Å². The predicted octanol–water partition coefficient (Wildman–Crippen LogP) is 2.84. The average molecular weight is 254 g/mol. The highest BCUT2D eigenvalue weighted by Crippen LogP contribution is 2.25. The van der Waals surface area contributed by atoms with Gasteiger partial charge in [0.05, 0.1) is 10.6 Å². The zero-order valence-corrected chi connectivity index (χ0v) is 9.06. The maximum absolute atomic E-state index is 13.5. The van der Waals surface area contributed by atoms with E-state index < -0.39 is 10.7 Å². The second-order valence-electron chi connectivity index (χ2n) is 3.13. The fourth-order valence-electron chi connectivity index (χ4n) is 1.31. The Morgan fingerprint density at radius 1 is 1.35 bits per heavy atom. The third-order valence-electron chi connectivity index (χ3n) is 2.06. The van der Waals surface area contributed by atoms with Crippen LogP contribution in [0.4, 0.5) is 10.1 Å². The summed E-state index contributed by atoms with van der Waals surface area (Å²) < 4.78 is 13.5. The van der Waals surface area contributed by atoms with Crippen molar-refractivity contribution in [3.05, 3.63) is 51.7 Å². The molecule has 86 valence electrons. The minimum Gasteiger partial charge on any atom is -0.258 e. The second kappa shape index (κ2) is 4.42. The molecule has 0 atom stereocenters. The van der Waals surface area contributed by atoms with E-state index in [4.69, 9.17) is 11.6 Å². The Balaban J connectivity index is 2.58. The fraction of sp³-hybridized carbons (Fsp3) is 0. The first-order chi connectivity index (χ1) is 8.08. The van der Waals surface area contributed by atoms with Gasteiger partial charge in [-0.05, 0) is 23.7 Å². The van der Waals surface area contributed by atoms with Crippen LogP contribution in [0.3, 0.4) is 0 Å². The molecule has 1 aromatic carbocycles. The lowest BCUT2D eigenvalue weighted by molar-refractivity contribution is -0.384. The highest BCUT2D eigenvalue weighted by molar-refractivity contribution is 6.28. The van der Waals surface area contributed by atoms with Crippen LogP contribution in [0.2, 0.25) is 5.28 Å². The molecule has 2 aromatic rings. The molecular formula is C10H5ClFN3O2. The van der Waals surface area contributed by atoms with E-state index in [0.717, 1.165) is 18.2 Å². The molecule has 2 rings (SSSR count). The number of hydrogen-bond donors (Lipinski definition) is 0. The summed E-state index contributed by atoms with van der Waals surface area (Å²) in [6.45, 7) is 0. The number of nitrogens with zero attached hydrogens (tertiary/aromatic N) is 3. The predicted molar refractivity (Wildman–Crippen MR) is 59.1 cm³/mol. The molecule has 0 N–H and O–H groups in total. The van der Waals surface area contributed by atoms with Crippen LogP contribution >= 0.6 is 11.6 Å². The fourth-order valence-corrected chi connectivity index (χ4v) is 1.46. The number of hydrogen-bond acceptors (Lipinski definition) is 4. The number of non-ortho nitro benzene ring substituents is 1. The first-order valence-electron chi connectivity index (χ1n) is 4.51. The molecule has 5 nitrogen and oxygen atoms in total. The largest absolute Gasteiger partial charge is 0.270 e. The van der Waals surface area contributed by atoms with Gasteiger partial charge in [0.25, 0.3) is 5.69 Å². The maximum Gasteiger partial charge on any atom is 0.270 e. The minimum atomic E-state index is -0.606. The van der Waals surface area contributed by atoms with Crippen LogP contribution < -0.4 is 0 Å². The van der Waals surface area contributed by atoms with Crippen molar-refractivity contribution in [1.29, 1.82) is 0 Å². The Morgan fingerprint density at radius 3 is 2.76 bits per heavy atom. The highest BCUT2D eigenvalue weighted by atomic mass is 35.5. The summed E-state index contributed by atoms with van der Waals surface area (Å²) in [7, 11) is 0. The quantitative estimate of drug-likeness (QED) is 0.469. The van der Waals surface area contributed by atoms with Crippen LogP contribution in [0, 0.1) is 15.9 Å². The van der Waals surface area contributed by atoms with Gasteiger partial charge in [0.2, 0.25) is 5.28 Å². The molecule has 0 spiro atoms. The number of nitro groups is 1. The van der Waals surface area contributed by atoms with Gasteiger partial charge in [-0.3, -0.25) is 10.1 Å². The van der Waals surface area contributed by atoms with Gasteiger partial charge in [0.15, 0.2) is 0 Å². The molecule has 0 aliphatic rings. The molecule has 17 heavy (non-hydrogen) atoms. The summed E-state index contributed by atoms with van der Waals surface area (Å²) in [4.78, 5) is 17.4. The molecule has 0 saturated carbocycles. The highest BCUT2D eigenvalue weighted by Gasteiger charge is 2.13. The Kier molecular flexibility index (Phi) is 2.97. The van der Waals surface area contributed by atoms with Crippen molar-refractivity contribution in [2.24, 2.45) is 0 Å². The summed E-state index contributed by atoms with van der Waals surface area (Å²) >= 11 is 5.57. The molecule has 0 unspecified atom stereocenters. The van der Waals surface area contributed by atoms with Crippen molar-refractivity contribution in [3.8, 4) is 11.3 Å². The van der Waals surface area contributed by atoms with E-state index >= 15 is 0 Å². The van der Waals surface area contributed by atoms with Gasteiger partial charge < -0.3 is 0 Å². The van der Waals surface area contributed by atoms with Crippen LogP contribution in [0.15, 0.2) is 30.5 Å². The van der Waals surface area contributed by atoms with Crippen LogP contribution in [0.25, 0.3) is 11.3 Å². The second-order valence-corrected chi connectivity index (χ2v) is 3.47. The lowest BCUT2D eigenvalue weighted by atomic mass is 10.1. The number of rotatable bonds is 2. The van der Waals surface area contributed by atoms with Gasteiger partial charge in [0.1, 0.15) is 5.82 Å². The normalized spacial score (nSPS) is 10.2. The number of benzene rings is 1. The van der Waals surface area contributed by atoms with Crippen molar-refractivity contribution in [1.82, 2.24) is 9.97 Å². The van der Waals surface area contributed by atoms with E-state index in [1.54, 1.807) is 0 Å². The number of halogens is 2. The molecule has 0 fully saturated rings. The lowest BCUT2D eigenvalue weighted by Crippen LogP contribution is -1.93. The zero-order valence-electron chi connectivity index (χ0n) is 8.30. The summed E-state index contributed by atoms with van der Waals surface area (Å²) in [6.07, 6.45) is 1.35. The molecule has 0 amide bonds. The average Bonchev–Trinajstić information content (AvgIpc) is 2.29. The summed E-state index contributed by atoms with van der Waals surface area (Å²) in [5.74, 6) is -0.606. The first kappa shape index (κ1) is 11.4. The minimum absolute atomic E-state index is 0.0171. The Morgan fingerprint density at radius 2 is 2.12 bits per heavy atom. The summed E-state index contributed by atoms with van der Waals surface area (Å²) in [6, 6.07) is 4.63. The van der Waals surface area contributed by atoms with Gasteiger partial charge in [-0.2, -0.15) is 0 Å². The zero-order chi connectivity index (χ0) is 12.4. The summed E-state index contributed by atoms with van der Waals surface area (Å²) in [5.41, 5.74) is 0.00540. The number of nitro benzene ring substituents is 1. The van der Waals surface area contributed by atoms with Gasteiger partial charge in [0, 0.05) is 23.9 Å².